The van der Waals surface area contributed by atoms with Gasteiger partial charge in [-0.2, -0.15) is 0 Å². The van der Waals surface area contributed by atoms with Crippen LogP contribution in [0.3, 0.4) is 0 Å². The Morgan fingerprint density at radius 1 is 1.50 bits per heavy atom. The van der Waals surface area contributed by atoms with Gasteiger partial charge in [-0.15, -0.1) is 11.3 Å². The number of hydrogen-bond donors (Lipinski definition) is 1. The Balaban J connectivity index is 2.01. The van der Waals surface area contributed by atoms with Crippen LogP contribution in [0.15, 0.2) is 41.9 Å². The number of thiazole rings is 1. The summed E-state index contributed by atoms with van der Waals surface area (Å²) in [6.07, 6.45) is 4.36. The number of rotatable bonds is 5. The van der Waals surface area contributed by atoms with Gasteiger partial charge >= 0.3 is 5.97 Å². The number of aliphatic carboxylic acids is 1. The molecule has 0 bridgehead atoms. The van der Waals surface area contributed by atoms with Crippen LogP contribution in [0.2, 0.25) is 0 Å². The summed E-state index contributed by atoms with van der Waals surface area (Å²) in [7, 11) is 0. The van der Waals surface area contributed by atoms with Gasteiger partial charge in [-0.05, 0) is 23.8 Å². The van der Waals surface area contributed by atoms with Crippen molar-refractivity contribution >= 4 is 23.4 Å². The maximum atomic E-state index is 10.4. The van der Waals surface area contributed by atoms with Gasteiger partial charge in [0.2, 0.25) is 0 Å². The summed E-state index contributed by atoms with van der Waals surface area (Å²) in [6, 6.07) is 7.24. The molecule has 1 N–H and O–H groups in total. The summed E-state index contributed by atoms with van der Waals surface area (Å²) in [6.45, 7) is 0.420. The third kappa shape index (κ3) is 3.71. The Bertz CT molecular complexity index is 549. The van der Waals surface area contributed by atoms with Crippen molar-refractivity contribution < 1.29 is 14.6 Å². The van der Waals surface area contributed by atoms with E-state index < -0.39 is 5.97 Å². The maximum absolute atomic E-state index is 10.4. The lowest BCUT2D eigenvalue weighted by Crippen LogP contribution is -1.94. The second-order valence-electron chi connectivity index (χ2n) is 3.46. The monoisotopic (exact) mass is 261 g/mol. The van der Waals surface area contributed by atoms with Crippen LogP contribution in [0.1, 0.15) is 10.6 Å². The highest BCUT2D eigenvalue weighted by atomic mass is 32.1. The van der Waals surface area contributed by atoms with Gasteiger partial charge in [0, 0.05) is 17.7 Å². The van der Waals surface area contributed by atoms with Crippen LogP contribution in [-0.4, -0.2) is 16.1 Å². The van der Waals surface area contributed by atoms with Crippen LogP contribution in [0.25, 0.3) is 6.08 Å². The highest BCUT2D eigenvalue weighted by Crippen LogP contribution is 2.16. The van der Waals surface area contributed by atoms with Crippen molar-refractivity contribution in [3.8, 4) is 5.75 Å². The SMILES string of the molecule is O=C(O)C=Cc1cccc(OCc2nccs2)c1. The minimum atomic E-state index is -0.968. The van der Waals surface area contributed by atoms with Gasteiger partial charge in [0.05, 0.1) is 0 Å². The summed E-state index contributed by atoms with van der Waals surface area (Å²) >= 11 is 1.53. The van der Waals surface area contributed by atoms with Crippen LogP contribution < -0.4 is 4.74 Å². The van der Waals surface area contributed by atoms with Crippen molar-refractivity contribution in [2.75, 3.05) is 0 Å². The molecule has 0 unspecified atom stereocenters. The molecule has 0 saturated carbocycles. The van der Waals surface area contributed by atoms with E-state index in [1.54, 1.807) is 12.3 Å². The molecule has 1 heterocycles. The first-order chi connectivity index (χ1) is 8.74. The van der Waals surface area contributed by atoms with E-state index in [-0.39, 0.29) is 0 Å². The molecule has 0 fully saturated rings. The Morgan fingerprint density at radius 2 is 2.39 bits per heavy atom. The van der Waals surface area contributed by atoms with Crippen molar-refractivity contribution in [1.29, 1.82) is 0 Å². The molecule has 0 aliphatic rings. The normalized spacial score (nSPS) is 10.7. The number of hydrogen-bond acceptors (Lipinski definition) is 4. The summed E-state index contributed by atoms with van der Waals surface area (Å²) < 4.78 is 5.56. The Hall–Kier alpha value is -2.14. The van der Waals surface area contributed by atoms with E-state index in [1.807, 2.05) is 23.6 Å². The number of nitrogens with zero attached hydrogens (tertiary/aromatic N) is 1. The smallest absolute Gasteiger partial charge is 0.328 e. The molecule has 2 rings (SSSR count). The molecule has 0 amide bonds. The topological polar surface area (TPSA) is 59.4 Å². The molecule has 0 saturated heterocycles. The number of carboxylic acid groups (broad SMARTS) is 1. The maximum Gasteiger partial charge on any atom is 0.328 e. The van der Waals surface area contributed by atoms with Crippen LogP contribution in [0.4, 0.5) is 0 Å². The Morgan fingerprint density at radius 3 is 3.11 bits per heavy atom. The van der Waals surface area contributed by atoms with E-state index in [4.69, 9.17) is 9.84 Å². The van der Waals surface area contributed by atoms with Crippen molar-refractivity contribution in [1.82, 2.24) is 4.98 Å². The third-order valence-electron chi connectivity index (χ3n) is 2.12. The first-order valence-corrected chi connectivity index (χ1v) is 6.14. The molecule has 0 aliphatic carbocycles. The summed E-state index contributed by atoms with van der Waals surface area (Å²) in [5.41, 5.74) is 0.786. The molecule has 92 valence electrons. The molecule has 0 atom stereocenters. The molecule has 1 aromatic heterocycles. The van der Waals surface area contributed by atoms with E-state index in [0.29, 0.717) is 12.4 Å². The zero-order valence-electron chi connectivity index (χ0n) is 9.45. The zero-order chi connectivity index (χ0) is 12.8. The van der Waals surface area contributed by atoms with Gasteiger partial charge in [-0.3, -0.25) is 0 Å². The van der Waals surface area contributed by atoms with E-state index in [2.05, 4.69) is 4.98 Å². The summed E-state index contributed by atoms with van der Waals surface area (Å²) in [4.78, 5) is 14.5. The molecular formula is C13H11NO3S. The van der Waals surface area contributed by atoms with Crippen molar-refractivity contribution in [3.63, 3.8) is 0 Å². The average Bonchev–Trinajstić information content (AvgIpc) is 2.87. The molecule has 18 heavy (non-hydrogen) atoms. The molecule has 1 aromatic carbocycles. The van der Waals surface area contributed by atoms with Gasteiger partial charge in [0.15, 0.2) is 0 Å². The number of carboxylic acids is 1. The first kappa shape index (κ1) is 12.3. The van der Waals surface area contributed by atoms with Crippen LogP contribution in [-0.2, 0) is 11.4 Å². The van der Waals surface area contributed by atoms with E-state index in [9.17, 15) is 4.79 Å². The standard InChI is InChI=1S/C13H11NO3S/c15-13(16)5-4-10-2-1-3-11(8-10)17-9-12-14-6-7-18-12/h1-8H,9H2,(H,15,16). The fraction of sp³-hybridized carbons (Fsp3) is 0.0769. The van der Waals surface area contributed by atoms with Crippen LogP contribution in [0, 0.1) is 0 Å². The molecule has 2 aromatic rings. The first-order valence-electron chi connectivity index (χ1n) is 5.26. The lowest BCUT2D eigenvalue weighted by Gasteiger charge is -2.04. The van der Waals surface area contributed by atoms with Crippen molar-refractivity contribution in [2.24, 2.45) is 0 Å². The van der Waals surface area contributed by atoms with Gasteiger partial charge in [-0.25, -0.2) is 9.78 Å². The van der Waals surface area contributed by atoms with Gasteiger partial charge < -0.3 is 9.84 Å². The second-order valence-corrected chi connectivity index (χ2v) is 4.44. The predicted octanol–water partition coefficient (Wildman–Crippen LogP) is 2.82. The Kier molecular flexibility index (Phi) is 4.09. The largest absolute Gasteiger partial charge is 0.486 e. The number of aromatic nitrogens is 1. The molecule has 4 nitrogen and oxygen atoms in total. The highest BCUT2D eigenvalue weighted by molar-refractivity contribution is 7.09. The van der Waals surface area contributed by atoms with Gasteiger partial charge in [-0.1, -0.05) is 12.1 Å². The van der Waals surface area contributed by atoms with Crippen LogP contribution >= 0.6 is 11.3 Å². The lowest BCUT2D eigenvalue weighted by molar-refractivity contribution is -0.131. The van der Waals surface area contributed by atoms with Gasteiger partial charge in [0.1, 0.15) is 17.4 Å². The minimum absolute atomic E-state index is 0.420. The number of carbonyl (C=O) groups is 1. The minimum Gasteiger partial charge on any atom is -0.486 e. The molecule has 0 radical (unpaired) electrons. The molecular weight excluding hydrogens is 250 g/mol. The quantitative estimate of drug-likeness (QED) is 0.841. The zero-order valence-corrected chi connectivity index (χ0v) is 10.3. The van der Waals surface area contributed by atoms with E-state index >= 15 is 0 Å². The number of benzene rings is 1. The van der Waals surface area contributed by atoms with Crippen molar-refractivity contribution in [2.45, 2.75) is 6.61 Å². The molecule has 0 aliphatic heterocycles. The Labute approximate surface area is 108 Å². The molecule has 0 spiro atoms. The second kappa shape index (κ2) is 5.97. The molecule has 5 heteroatoms. The predicted molar refractivity (Wildman–Crippen MR) is 69.6 cm³/mol. The number of ether oxygens (including phenoxy) is 1. The van der Waals surface area contributed by atoms with E-state index in [0.717, 1.165) is 16.6 Å². The highest BCUT2D eigenvalue weighted by Gasteiger charge is 1.98. The third-order valence-corrected chi connectivity index (χ3v) is 2.88. The summed E-state index contributed by atoms with van der Waals surface area (Å²) in [5, 5.41) is 11.3. The summed E-state index contributed by atoms with van der Waals surface area (Å²) in [5.74, 6) is -0.276. The van der Waals surface area contributed by atoms with Gasteiger partial charge in [0.25, 0.3) is 0 Å². The average molecular weight is 261 g/mol. The van der Waals surface area contributed by atoms with Crippen molar-refractivity contribution in [3.05, 3.63) is 52.5 Å². The van der Waals surface area contributed by atoms with E-state index in [1.165, 1.54) is 17.4 Å². The lowest BCUT2D eigenvalue weighted by atomic mass is 10.2. The fourth-order valence-electron chi connectivity index (χ4n) is 1.34. The van der Waals surface area contributed by atoms with Crippen LogP contribution in [0.5, 0.6) is 5.75 Å². The fourth-order valence-corrected chi connectivity index (χ4v) is 1.87.